The van der Waals surface area contributed by atoms with Crippen molar-refractivity contribution < 1.29 is 14.3 Å². The highest BCUT2D eigenvalue weighted by atomic mass is 16.5. The summed E-state index contributed by atoms with van der Waals surface area (Å²) < 4.78 is 12.0. The molecule has 0 saturated carbocycles. The Kier molecular flexibility index (Phi) is 3.69. The highest BCUT2D eigenvalue weighted by Crippen LogP contribution is 2.20. The van der Waals surface area contributed by atoms with Gasteiger partial charge in [0.15, 0.2) is 0 Å². The van der Waals surface area contributed by atoms with Gasteiger partial charge < -0.3 is 9.47 Å². The molecule has 106 valence electrons. The average molecular weight is 274 g/mol. The van der Waals surface area contributed by atoms with Crippen molar-refractivity contribution in [2.24, 2.45) is 5.92 Å². The van der Waals surface area contributed by atoms with E-state index in [4.69, 9.17) is 9.47 Å². The van der Waals surface area contributed by atoms with E-state index in [1.165, 1.54) is 7.11 Å². The number of carbonyl (C=O) groups is 1. The van der Waals surface area contributed by atoms with Crippen LogP contribution in [0.25, 0.3) is 5.65 Å². The zero-order valence-corrected chi connectivity index (χ0v) is 11.5. The molecule has 5 nitrogen and oxygen atoms in total. The topological polar surface area (TPSA) is 52.8 Å². The van der Waals surface area contributed by atoms with Crippen molar-refractivity contribution in [1.82, 2.24) is 9.38 Å². The molecular formula is C15H18N2O3. The number of aromatic nitrogens is 2. The zero-order chi connectivity index (χ0) is 13.9. The van der Waals surface area contributed by atoms with Crippen molar-refractivity contribution in [3.05, 3.63) is 35.8 Å². The molecule has 1 aliphatic heterocycles. The second-order valence-electron chi connectivity index (χ2n) is 5.12. The van der Waals surface area contributed by atoms with Crippen LogP contribution >= 0.6 is 0 Å². The molecule has 2 aromatic heterocycles. The molecule has 0 bridgehead atoms. The van der Waals surface area contributed by atoms with Gasteiger partial charge in [0, 0.05) is 19.4 Å². The van der Waals surface area contributed by atoms with E-state index in [0.717, 1.165) is 43.8 Å². The van der Waals surface area contributed by atoms with Gasteiger partial charge in [0.05, 0.1) is 12.8 Å². The van der Waals surface area contributed by atoms with Crippen LogP contribution < -0.4 is 0 Å². The number of methoxy groups -OCH3 is 1. The van der Waals surface area contributed by atoms with Gasteiger partial charge in [0.2, 0.25) is 0 Å². The first-order chi connectivity index (χ1) is 9.78. The highest BCUT2D eigenvalue weighted by molar-refractivity contribution is 5.88. The molecule has 0 atom stereocenters. The molecule has 5 heteroatoms. The first-order valence-electron chi connectivity index (χ1n) is 6.91. The minimum Gasteiger partial charge on any atom is -0.464 e. The van der Waals surface area contributed by atoms with Crippen molar-refractivity contribution in [3.8, 4) is 0 Å². The van der Waals surface area contributed by atoms with E-state index >= 15 is 0 Å². The Bertz CT molecular complexity index is 615. The number of hydrogen-bond donors (Lipinski definition) is 0. The fraction of sp³-hybridized carbons (Fsp3) is 0.467. The van der Waals surface area contributed by atoms with Gasteiger partial charge in [-0.15, -0.1) is 0 Å². The largest absolute Gasteiger partial charge is 0.464 e. The molecule has 0 N–H and O–H groups in total. The van der Waals surface area contributed by atoms with E-state index in [1.807, 2.05) is 18.3 Å². The van der Waals surface area contributed by atoms with Gasteiger partial charge in [-0.3, -0.25) is 4.40 Å². The lowest BCUT2D eigenvalue weighted by atomic mass is 9.95. The van der Waals surface area contributed by atoms with Crippen LogP contribution in [0.1, 0.15) is 29.0 Å². The number of pyridine rings is 1. The number of fused-ring (bicyclic) bond motifs is 1. The summed E-state index contributed by atoms with van der Waals surface area (Å²) >= 11 is 0. The number of hydrogen-bond acceptors (Lipinski definition) is 4. The highest BCUT2D eigenvalue weighted by Gasteiger charge is 2.17. The summed E-state index contributed by atoms with van der Waals surface area (Å²) in [5.41, 5.74) is 2.32. The van der Waals surface area contributed by atoms with Crippen LogP contribution in [0.15, 0.2) is 24.4 Å². The SMILES string of the molecule is COC(=O)c1cccc2nc(CC3CCOCC3)cn12. The molecule has 0 radical (unpaired) electrons. The van der Waals surface area contributed by atoms with Crippen molar-refractivity contribution >= 4 is 11.6 Å². The maximum absolute atomic E-state index is 11.7. The number of rotatable bonds is 3. The summed E-state index contributed by atoms with van der Waals surface area (Å²) in [4.78, 5) is 16.3. The summed E-state index contributed by atoms with van der Waals surface area (Å²) in [6, 6.07) is 5.48. The summed E-state index contributed by atoms with van der Waals surface area (Å²) in [6.07, 6.45) is 5.04. The zero-order valence-electron chi connectivity index (χ0n) is 11.5. The molecule has 1 saturated heterocycles. The van der Waals surface area contributed by atoms with Crippen molar-refractivity contribution in [1.29, 1.82) is 0 Å². The first-order valence-corrected chi connectivity index (χ1v) is 6.91. The molecule has 1 aliphatic rings. The Morgan fingerprint density at radius 1 is 1.45 bits per heavy atom. The lowest BCUT2D eigenvalue weighted by molar-refractivity contribution is 0.0592. The fourth-order valence-corrected chi connectivity index (χ4v) is 2.68. The lowest BCUT2D eigenvalue weighted by Crippen LogP contribution is -2.17. The Hall–Kier alpha value is -1.88. The van der Waals surface area contributed by atoms with Gasteiger partial charge in [0.25, 0.3) is 0 Å². The molecule has 3 rings (SSSR count). The second-order valence-corrected chi connectivity index (χ2v) is 5.12. The standard InChI is InChI=1S/C15H18N2O3/c1-19-15(18)13-3-2-4-14-16-12(10-17(13)14)9-11-5-7-20-8-6-11/h2-4,10-11H,5-9H2,1H3. The molecule has 0 aliphatic carbocycles. The maximum atomic E-state index is 11.7. The molecule has 0 spiro atoms. The molecular weight excluding hydrogens is 256 g/mol. The summed E-state index contributed by atoms with van der Waals surface area (Å²) in [6.45, 7) is 1.68. The minimum absolute atomic E-state index is 0.342. The molecule has 0 unspecified atom stereocenters. The first kappa shape index (κ1) is 13.1. The predicted molar refractivity (Wildman–Crippen MR) is 73.8 cm³/mol. The van der Waals surface area contributed by atoms with E-state index in [1.54, 1.807) is 10.5 Å². The fourth-order valence-electron chi connectivity index (χ4n) is 2.68. The van der Waals surface area contributed by atoms with Crippen LogP contribution in [-0.2, 0) is 15.9 Å². The predicted octanol–water partition coefficient (Wildman–Crippen LogP) is 2.09. The number of ether oxygens (including phenoxy) is 2. The van der Waals surface area contributed by atoms with E-state index in [-0.39, 0.29) is 5.97 Å². The van der Waals surface area contributed by atoms with Crippen LogP contribution in [0.4, 0.5) is 0 Å². The van der Waals surface area contributed by atoms with E-state index in [9.17, 15) is 4.79 Å². The Morgan fingerprint density at radius 3 is 3.00 bits per heavy atom. The number of carbonyl (C=O) groups excluding carboxylic acids is 1. The van der Waals surface area contributed by atoms with Gasteiger partial charge >= 0.3 is 5.97 Å². The monoisotopic (exact) mass is 274 g/mol. The van der Waals surface area contributed by atoms with E-state index < -0.39 is 0 Å². The van der Waals surface area contributed by atoms with Crippen molar-refractivity contribution in [2.45, 2.75) is 19.3 Å². The van der Waals surface area contributed by atoms with E-state index in [0.29, 0.717) is 11.6 Å². The smallest absolute Gasteiger partial charge is 0.355 e. The molecule has 3 heterocycles. The summed E-state index contributed by atoms with van der Waals surface area (Å²) in [5, 5.41) is 0. The van der Waals surface area contributed by atoms with Crippen molar-refractivity contribution in [3.63, 3.8) is 0 Å². The van der Waals surface area contributed by atoms with Crippen molar-refractivity contribution in [2.75, 3.05) is 20.3 Å². The van der Waals surface area contributed by atoms with Crippen LogP contribution in [0.5, 0.6) is 0 Å². The minimum atomic E-state index is -0.342. The van der Waals surface area contributed by atoms with Crippen LogP contribution in [0, 0.1) is 5.92 Å². The van der Waals surface area contributed by atoms with E-state index in [2.05, 4.69) is 4.98 Å². The second kappa shape index (κ2) is 5.63. The molecule has 0 aromatic carbocycles. The number of imidazole rings is 1. The van der Waals surface area contributed by atoms with Crippen LogP contribution in [0.3, 0.4) is 0 Å². The van der Waals surface area contributed by atoms with Crippen LogP contribution in [0.2, 0.25) is 0 Å². The third-order valence-corrected chi connectivity index (χ3v) is 3.78. The number of esters is 1. The van der Waals surface area contributed by atoms with Gasteiger partial charge in [-0.2, -0.15) is 0 Å². The Labute approximate surface area is 117 Å². The summed E-state index contributed by atoms with van der Waals surface area (Å²) in [5.74, 6) is 0.279. The number of nitrogens with zero attached hydrogens (tertiary/aromatic N) is 2. The normalized spacial score (nSPS) is 16.4. The third kappa shape index (κ3) is 2.54. The average Bonchev–Trinajstić information content (AvgIpc) is 2.89. The van der Waals surface area contributed by atoms with Gasteiger partial charge in [0.1, 0.15) is 11.3 Å². The maximum Gasteiger partial charge on any atom is 0.355 e. The molecule has 20 heavy (non-hydrogen) atoms. The Morgan fingerprint density at radius 2 is 2.25 bits per heavy atom. The van der Waals surface area contributed by atoms with Gasteiger partial charge in [-0.1, -0.05) is 6.07 Å². The lowest BCUT2D eigenvalue weighted by Gasteiger charge is -2.20. The molecule has 0 amide bonds. The Balaban J connectivity index is 1.88. The molecule has 2 aromatic rings. The third-order valence-electron chi connectivity index (χ3n) is 3.78. The quantitative estimate of drug-likeness (QED) is 0.804. The molecule has 1 fully saturated rings. The van der Waals surface area contributed by atoms with Crippen LogP contribution in [-0.4, -0.2) is 35.7 Å². The van der Waals surface area contributed by atoms with Gasteiger partial charge in [-0.25, -0.2) is 9.78 Å². The summed E-state index contributed by atoms with van der Waals surface area (Å²) in [7, 11) is 1.39. The van der Waals surface area contributed by atoms with Gasteiger partial charge in [-0.05, 0) is 37.3 Å².